The minimum absolute atomic E-state index is 0.102. The average molecular weight is 191 g/mol. The molecule has 1 aromatic heterocycles. The van der Waals surface area contributed by atoms with E-state index < -0.39 is 0 Å². The lowest BCUT2D eigenvalue weighted by atomic mass is 10.2. The van der Waals surface area contributed by atoms with Crippen LogP contribution in [0.2, 0.25) is 0 Å². The van der Waals surface area contributed by atoms with Gasteiger partial charge in [-0.3, -0.25) is 4.79 Å². The monoisotopic (exact) mass is 191 g/mol. The van der Waals surface area contributed by atoms with Gasteiger partial charge in [0.25, 0.3) is 0 Å². The Bertz CT molecular complexity index is 317. The first-order valence-electron chi connectivity index (χ1n) is 4.66. The summed E-state index contributed by atoms with van der Waals surface area (Å²) in [6, 6.07) is 3.67. The van der Waals surface area contributed by atoms with Crippen LogP contribution in [0.15, 0.2) is 29.5 Å². The van der Waals surface area contributed by atoms with Crippen molar-refractivity contribution in [2.24, 2.45) is 4.99 Å². The summed E-state index contributed by atoms with van der Waals surface area (Å²) in [5.41, 5.74) is 0.753. The summed E-state index contributed by atoms with van der Waals surface area (Å²) in [5.74, 6) is 0.102. The zero-order chi connectivity index (χ0) is 10.4. The molecule has 0 saturated carbocycles. The summed E-state index contributed by atoms with van der Waals surface area (Å²) < 4.78 is 2.04. The van der Waals surface area contributed by atoms with E-state index in [1.165, 1.54) is 0 Å². The Balaban J connectivity index is 2.55. The zero-order valence-corrected chi connectivity index (χ0v) is 8.44. The summed E-state index contributed by atoms with van der Waals surface area (Å²) in [7, 11) is 0. The Morgan fingerprint density at radius 2 is 2.14 bits per heavy atom. The van der Waals surface area contributed by atoms with Gasteiger partial charge in [0.1, 0.15) is 6.54 Å². The van der Waals surface area contributed by atoms with Crippen molar-refractivity contribution in [2.45, 2.75) is 19.9 Å². The summed E-state index contributed by atoms with van der Waals surface area (Å²) in [6.45, 7) is 6.69. The van der Waals surface area contributed by atoms with Gasteiger partial charge in [0.2, 0.25) is 0 Å². The molecule has 1 heterocycles. The molecule has 0 radical (unpaired) electrons. The van der Waals surface area contributed by atoms with Crippen molar-refractivity contribution in [3.8, 4) is 0 Å². The van der Waals surface area contributed by atoms with Crippen LogP contribution in [-0.4, -0.2) is 19.0 Å². The number of hydrogen-bond acceptors (Lipinski definition) is 2. The van der Waals surface area contributed by atoms with E-state index in [1.54, 1.807) is 6.92 Å². The van der Waals surface area contributed by atoms with E-state index in [2.05, 4.69) is 11.7 Å². The number of ketones is 1. The summed E-state index contributed by atoms with van der Waals surface area (Å²) in [4.78, 5) is 14.8. The second kappa shape index (κ2) is 5.27. The molecule has 0 aliphatic rings. The number of aromatic nitrogens is 1. The minimum atomic E-state index is 0.102. The van der Waals surface area contributed by atoms with Crippen LogP contribution in [-0.2, 0) is 6.54 Å². The van der Waals surface area contributed by atoms with Crippen molar-refractivity contribution in [3.05, 3.63) is 30.1 Å². The van der Waals surface area contributed by atoms with Gasteiger partial charge >= 0.3 is 0 Å². The van der Waals surface area contributed by atoms with Crippen LogP contribution in [0.1, 0.15) is 23.7 Å². The van der Waals surface area contributed by atoms with Crippen LogP contribution < -0.4 is 4.57 Å². The highest BCUT2D eigenvalue weighted by Gasteiger charge is 2.02. The maximum absolute atomic E-state index is 11.0. The molecule has 0 aromatic carbocycles. The number of Topliss-reactive ketones (excluding diaryl/α,β-unsaturated/α-hetero) is 1. The standard InChI is InChI=1S/C11H15N2O/c1-10(14)11-4-8-13(9-5-11)7-3-6-12-2/h4-5,8-9H,2-3,6-7H2,1H3/q+1. The Labute approximate surface area is 84.1 Å². The van der Waals surface area contributed by atoms with E-state index in [4.69, 9.17) is 0 Å². The topological polar surface area (TPSA) is 33.3 Å². The molecular formula is C11H15N2O+. The van der Waals surface area contributed by atoms with Gasteiger partial charge in [-0.05, 0) is 13.6 Å². The van der Waals surface area contributed by atoms with Crippen LogP contribution in [0.25, 0.3) is 0 Å². The SMILES string of the molecule is C=NCCC[n+]1ccc(C(C)=O)cc1. The predicted octanol–water partition coefficient (Wildman–Crippen LogP) is 1.27. The number of hydrogen-bond donors (Lipinski definition) is 0. The van der Waals surface area contributed by atoms with Crippen LogP contribution in [0.3, 0.4) is 0 Å². The highest BCUT2D eigenvalue weighted by atomic mass is 16.1. The van der Waals surface area contributed by atoms with Crippen molar-refractivity contribution in [1.29, 1.82) is 0 Å². The van der Waals surface area contributed by atoms with Crippen LogP contribution >= 0.6 is 0 Å². The fourth-order valence-electron chi connectivity index (χ4n) is 1.21. The van der Waals surface area contributed by atoms with Crippen LogP contribution in [0.5, 0.6) is 0 Å². The molecule has 1 aromatic rings. The summed E-state index contributed by atoms with van der Waals surface area (Å²) in [6.07, 6.45) is 4.81. The molecule has 0 aliphatic heterocycles. The van der Waals surface area contributed by atoms with E-state index in [9.17, 15) is 4.79 Å². The molecule has 0 fully saturated rings. The number of nitrogens with zero attached hydrogens (tertiary/aromatic N) is 2. The highest BCUT2D eigenvalue weighted by Crippen LogP contribution is 1.95. The Kier molecular flexibility index (Phi) is 3.98. The van der Waals surface area contributed by atoms with E-state index in [-0.39, 0.29) is 5.78 Å². The fourth-order valence-corrected chi connectivity index (χ4v) is 1.21. The molecule has 0 spiro atoms. The van der Waals surface area contributed by atoms with Gasteiger partial charge in [-0.15, -0.1) is 0 Å². The third-order valence-electron chi connectivity index (χ3n) is 2.03. The van der Waals surface area contributed by atoms with E-state index >= 15 is 0 Å². The average Bonchev–Trinajstić information content (AvgIpc) is 2.19. The molecule has 74 valence electrons. The maximum atomic E-state index is 11.0. The quantitative estimate of drug-likeness (QED) is 0.298. The summed E-state index contributed by atoms with van der Waals surface area (Å²) in [5, 5.41) is 0. The molecule has 0 bridgehead atoms. The molecule has 14 heavy (non-hydrogen) atoms. The van der Waals surface area contributed by atoms with Gasteiger partial charge in [-0.2, -0.15) is 0 Å². The molecule has 1 rings (SSSR count). The highest BCUT2D eigenvalue weighted by molar-refractivity contribution is 5.93. The van der Waals surface area contributed by atoms with Crippen molar-refractivity contribution in [2.75, 3.05) is 6.54 Å². The van der Waals surface area contributed by atoms with Crippen LogP contribution in [0, 0.1) is 0 Å². The van der Waals surface area contributed by atoms with Gasteiger partial charge in [-0.1, -0.05) is 0 Å². The summed E-state index contributed by atoms with van der Waals surface area (Å²) >= 11 is 0. The number of rotatable bonds is 5. The lowest BCUT2D eigenvalue weighted by molar-refractivity contribution is -0.697. The molecule has 0 aliphatic carbocycles. The minimum Gasteiger partial charge on any atom is -0.301 e. The first-order valence-corrected chi connectivity index (χ1v) is 4.66. The second-order valence-corrected chi connectivity index (χ2v) is 3.18. The van der Waals surface area contributed by atoms with Crippen molar-refractivity contribution in [1.82, 2.24) is 0 Å². The first kappa shape index (κ1) is 10.6. The Hall–Kier alpha value is -1.51. The van der Waals surface area contributed by atoms with Gasteiger partial charge < -0.3 is 4.99 Å². The third-order valence-corrected chi connectivity index (χ3v) is 2.03. The molecule has 0 unspecified atom stereocenters. The van der Waals surface area contributed by atoms with Crippen molar-refractivity contribution < 1.29 is 9.36 Å². The Morgan fingerprint density at radius 3 is 2.64 bits per heavy atom. The van der Waals surface area contributed by atoms with Gasteiger partial charge in [0.15, 0.2) is 18.2 Å². The van der Waals surface area contributed by atoms with E-state index in [0.717, 1.165) is 25.1 Å². The normalized spacial score (nSPS) is 9.79. The predicted molar refractivity (Wildman–Crippen MR) is 55.7 cm³/mol. The zero-order valence-electron chi connectivity index (χ0n) is 8.44. The largest absolute Gasteiger partial charge is 0.301 e. The maximum Gasteiger partial charge on any atom is 0.169 e. The number of pyridine rings is 1. The van der Waals surface area contributed by atoms with Crippen molar-refractivity contribution in [3.63, 3.8) is 0 Å². The van der Waals surface area contributed by atoms with Crippen molar-refractivity contribution >= 4 is 12.5 Å². The van der Waals surface area contributed by atoms with E-state index in [0.29, 0.717) is 0 Å². The second-order valence-electron chi connectivity index (χ2n) is 3.18. The lowest BCUT2D eigenvalue weighted by Crippen LogP contribution is -2.33. The van der Waals surface area contributed by atoms with E-state index in [1.807, 2.05) is 29.1 Å². The number of aliphatic imine (C=N–C) groups is 1. The fraction of sp³-hybridized carbons (Fsp3) is 0.364. The molecular weight excluding hydrogens is 176 g/mol. The lowest BCUT2D eigenvalue weighted by Gasteiger charge is -1.96. The molecule has 0 saturated heterocycles. The molecule has 0 atom stereocenters. The van der Waals surface area contributed by atoms with Gasteiger partial charge in [0.05, 0.1) is 0 Å². The molecule has 0 amide bonds. The van der Waals surface area contributed by atoms with Gasteiger partial charge in [0, 0.05) is 30.7 Å². The number of aryl methyl sites for hydroxylation is 1. The molecule has 0 N–H and O–H groups in total. The van der Waals surface area contributed by atoms with Crippen LogP contribution in [0.4, 0.5) is 0 Å². The smallest absolute Gasteiger partial charge is 0.169 e. The Morgan fingerprint density at radius 1 is 1.50 bits per heavy atom. The molecule has 3 nitrogen and oxygen atoms in total. The number of carbonyl (C=O) groups is 1. The first-order chi connectivity index (χ1) is 6.74. The molecule has 3 heteroatoms. The number of carbonyl (C=O) groups excluding carboxylic acids is 1. The van der Waals surface area contributed by atoms with Gasteiger partial charge in [-0.25, -0.2) is 4.57 Å². The third kappa shape index (κ3) is 3.09.